The third kappa shape index (κ3) is 7.55. The third-order valence-corrected chi connectivity index (χ3v) is 3.42. The standard InChI is InChI=1S/C14H21BrN2O.ClH/c1-16-10-3-4-14(18)17(2)11-9-12-5-7-13(15)8-6-12;/h5-8,16H,3-4,9-11H2,1-2H3;1H. The van der Waals surface area contributed by atoms with Gasteiger partial charge in [0.1, 0.15) is 0 Å². The molecule has 0 atom stereocenters. The van der Waals surface area contributed by atoms with E-state index in [1.165, 1.54) is 5.56 Å². The van der Waals surface area contributed by atoms with E-state index in [1.807, 2.05) is 31.1 Å². The van der Waals surface area contributed by atoms with E-state index in [0.717, 1.165) is 30.4 Å². The Morgan fingerprint density at radius 1 is 1.32 bits per heavy atom. The quantitative estimate of drug-likeness (QED) is 0.768. The molecular formula is C14H22BrClN2O. The highest BCUT2D eigenvalue weighted by Gasteiger charge is 2.07. The summed E-state index contributed by atoms with van der Waals surface area (Å²) in [6.45, 7) is 1.67. The number of amides is 1. The smallest absolute Gasteiger partial charge is 0.222 e. The molecule has 0 radical (unpaired) electrons. The van der Waals surface area contributed by atoms with E-state index < -0.39 is 0 Å². The van der Waals surface area contributed by atoms with Gasteiger partial charge in [0.15, 0.2) is 0 Å². The highest BCUT2D eigenvalue weighted by Crippen LogP contribution is 2.11. The summed E-state index contributed by atoms with van der Waals surface area (Å²) in [7, 11) is 3.78. The molecule has 1 rings (SSSR count). The topological polar surface area (TPSA) is 32.3 Å². The van der Waals surface area contributed by atoms with Crippen molar-refractivity contribution in [1.82, 2.24) is 10.2 Å². The first-order chi connectivity index (χ1) is 8.63. The van der Waals surface area contributed by atoms with Crippen molar-refractivity contribution in [2.75, 3.05) is 27.2 Å². The molecule has 1 aromatic carbocycles. The number of carbonyl (C=O) groups is 1. The van der Waals surface area contributed by atoms with Crippen LogP contribution in [0.15, 0.2) is 28.7 Å². The van der Waals surface area contributed by atoms with Gasteiger partial charge in [0, 0.05) is 24.5 Å². The van der Waals surface area contributed by atoms with Crippen molar-refractivity contribution in [3.05, 3.63) is 34.3 Å². The van der Waals surface area contributed by atoms with E-state index in [2.05, 4.69) is 33.4 Å². The Morgan fingerprint density at radius 3 is 2.53 bits per heavy atom. The van der Waals surface area contributed by atoms with Crippen LogP contribution in [0.4, 0.5) is 0 Å². The van der Waals surface area contributed by atoms with E-state index in [1.54, 1.807) is 0 Å². The maximum Gasteiger partial charge on any atom is 0.222 e. The first kappa shape index (κ1) is 18.4. The number of nitrogens with one attached hydrogen (secondary N) is 1. The lowest BCUT2D eigenvalue weighted by Crippen LogP contribution is -2.29. The van der Waals surface area contributed by atoms with Crippen LogP contribution in [0.3, 0.4) is 0 Å². The summed E-state index contributed by atoms with van der Waals surface area (Å²) in [5, 5.41) is 3.05. The zero-order chi connectivity index (χ0) is 13.4. The fourth-order valence-electron chi connectivity index (χ4n) is 1.68. The predicted molar refractivity (Wildman–Crippen MR) is 85.9 cm³/mol. The SMILES string of the molecule is CNCCCC(=O)N(C)CCc1ccc(Br)cc1.Cl. The molecule has 0 aliphatic heterocycles. The number of hydrogen-bond acceptors (Lipinski definition) is 2. The average Bonchev–Trinajstić information content (AvgIpc) is 2.38. The van der Waals surface area contributed by atoms with Crippen molar-refractivity contribution in [3.8, 4) is 0 Å². The van der Waals surface area contributed by atoms with E-state index in [4.69, 9.17) is 0 Å². The Morgan fingerprint density at radius 2 is 1.95 bits per heavy atom. The minimum Gasteiger partial charge on any atom is -0.345 e. The zero-order valence-electron chi connectivity index (χ0n) is 11.5. The highest BCUT2D eigenvalue weighted by molar-refractivity contribution is 9.10. The molecule has 1 aromatic rings. The monoisotopic (exact) mass is 348 g/mol. The van der Waals surface area contributed by atoms with Crippen molar-refractivity contribution in [2.45, 2.75) is 19.3 Å². The number of halogens is 2. The second-order valence-corrected chi connectivity index (χ2v) is 5.31. The molecule has 0 aliphatic rings. The van der Waals surface area contributed by atoms with Gasteiger partial charge in [-0.2, -0.15) is 0 Å². The Kier molecular flexibility index (Phi) is 9.92. The molecule has 1 amide bonds. The number of benzene rings is 1. The maximum atomic E-state index is 11.8. The van der Waals surface area contributed by atoms with Gasteiger partial charge >= 0.3 is 0 Å². The summed E-state index contributed by atoms with van der Waals surface area (Å²) in [6.07, 6.45) is 2.43. The predicted octanol–water partition coefficient (Wildman–Crippen LogP) is 2.87. The minimum absolute atomic E-state index is 0. The van der Waals surface area contributed by atoms with Crippen molar-refractivity contribution >= 4 is 34.2 Å². The number of hydrogen-bond donors (Lipinski definition) is 1. The van der Waals surface area contributed by atoms with Crippen LogP contribution in [-0.2, 0) is 11.2 Å². The van der Waals surface area contributed by atoms with Gasteiger partial charge in [0.25, 0.3) is 0 Å². The molecule has 5 heteroatoms. The van der Waals surface area contributed by atoms with Crippen LogP contribution in [0, 0.1) is 0 Å². The molecule has 0 saturated heterocycles. The average molecular weight is 350 g/mol. The minimum atomic E-state index is 0. The summed E-state index contributed by atoms with van der Waals surface area (Å²) >= 11 is 3.41. The van der Waals surface area contributed by atoms with Crippen LogP contribution >= 0.6 is 28.3 Å². The highest BCUT2D eigenvalue weighted by atomic mass is 79.9. The number of likely N-dealkylation sites (N-methyl/N-ethyl adjacent to an activating group) is 1. The molecule has 0 unspecified atom stereocenters. The molecule has 0 aliphatic carbocycles. The Balaban J connectivity index is 0.00000324. The summed E-state index contributed by atoms with van der Waals surface area (Å²) < 4.78 is 1.09. The molecule has 19 heavy (non-hydrogen) atoms. The molecule has 3 nitrogen and oxygen atoms in total. The van der Waals surface area contributed by atoms with Crippen molar-refractivity contribution in [2.24, 2.45) is 0 Å². The van der Waals surface area contributed by atoms with Crippen molar-refractivity contribution in [3.63, 3.8) is 0 Å². The van der Waals surface area contributed by atoms with Gasteiger partial charge in [0.2, 0.25) is 5.91 Å². The van der Waals surface area contributed by atoms with Crippen LogP contribution in [-0.4, -0.2) is 38.0 Å². The van der Waals surface area contributed by atoms with Gasteiger partial charge in [-0.05, 0) is 44.1 Å². The summed E-state index contributed by atoms with van der Waals surface area (Å²) in [6, 6.07) is 8.24. The largest absolute Gasteiger partial charge is 0.345 e. The van der Waals surface area contributed by atoms with E-state index in [9.17, 15) is 4.79 Å². The summed E-state index contributed by atoms with van der Waals surface area (Å²) in [5.41, 5.74) is 1.26. The van der Waals surface area contributed by atoms with Crippen LogP contribution in [0.1, 0.15) is 18.4 Å². The lowest BCUT2D eigenvalue weighted by Gasteiger charge is -2.17. The lowest BCUT2D eigenvalue weighted by atomic mass is 10.1. The molecule has 1 N–H and O–H groups in total. The number of rotatable bonds is 7. The van der Waals surface area contributed by atoms with Crippen LogP contribution in [0.5, 0.6) is 0 Å². The first-order valence-corrected chi connectivity index (χ1v) is 7.06. The molecule has 0 aromatic heterocycles. The van der Waals surface area contributed by atoms with E-state index >= 15 is 0 Å². The zero-order valence-corrected chi connectivity index (χ0v) is 13.9. The van der Waals surface area contributed by atoms with Crippen LogP contribution in [0.2, 0.25) is 0 Å². The summed E-state index contributed by atoms with van der Waals surface area (Å²) in [4.78, 5) is 13.6. The normalized spacial score (nSPS) is 9.84. The fraction of sp³-hybridized carbons (Fsp3) is 0.500. The first-order valence-electron chi connectivity index (χ1n) is 6.26. The summed E-state index contributed by atoms with van der Waals surface area (Å²) in [5.74, 6) is 0.224. The Bertz CT molecular complexity index is 370. The molecule has 0 fully saturated rings. The Labute approximate surface area is 130 Å². The fourth-order valence-corrected chi connectivity index (χ4v) is 1.94. The lowest BCUT2D eigenvalue weighted by molar-refractivity contribution is -0.129. The van der Waals surface area contributed by atoms with Gasteiger partial charge < -0.3 is 10.2 Å². The number of nitrogens with zero attached hydrogens (tertiary/aromatic N) is 1. The maximum absolute atomic E-state index is 11.8. The van der Waals surface area contributed by atoms with E-state index in [0.29, 0.717) is 6.42 Å². The number of carbonyl (C=O) groups excluding carboxylic acids is 1. The second kappa shape index (κ2) is 10.2. The molecule has 0 heterocycles. The van der Waals surface area contributed by atoms with Gasteiger partial charge in [-0.3, -0.25) is 4.79 Å². The molecule has 0 saturated carbocycles. The molecule has 0 bridgehead atoms. The Hall–Kier alpha value is -0.580. The van der Waals surface area contributed by atoms with E-state index in [-0.39, 0.29) is 18.3 Å². The van der Waals surface area contributed by atoms with Gasteiger partial charge in [-0.25, -0.2) is 0 Å². The molecule has 0 spiro atoms. The van der Waals surface area contributed by atoms with Gasteiger partial charge in [0.05, 0.1) is 0 Å². The third-order valence-electron chi connectivity index (χ3n) is 2.89. The second-order valence-electron chi connectivity index (χ2n) is 4.40. The van der Waals surface area contributed by atoms with Crippen LogP contribution in [0.25, 0.3) is 0 Å². The molecule has 108 valence electrons. The van der Waals surface area contributed by atoms with Crippen molar-refractivity contribution in [1.29, 1.82) is 0 Å². The van der Waals surface area contributed by atoms with Gasteiger partial charge in [-0.1, -0.05) is 28.1 Å². The van der Waals surface area contributed by atoms with Crippen LogP contribution < -0.4 is 5.32 Å². The van der Waals surface area contributed by atoms with Gasteiger partial charge in [-0.15, -0.1) is 12.4 Å². The molecular weight excluding hydrogens is 328 g/mol. The van der Waals surface area contributed by atoms with Crippen molar-refractivity contribution < 1.29 is 4.79 Å².